The Morgan fingerprint density at radius 3 is 1.56 bits per heavy atom. The molecule has 0 amide bonds. The van der Waals surface area contributed by atoms with E-state index in [1.54, 1.807) is 19.9 Å². The van der Waals surface area contributed by atoms with E-state index in [0.29, 0.717) is 0 Å². The van der Waals surface area contributed by atoms with Crippen molar-refractivity contribution in [1.29, 1.82) is 0 Å². The lowest BCUT2D eigenvalue weighted by Gasteiger charge is -2.37. The summed E-state index contributed by atoms with van der Waals surface area (Å²) in [6.45, 7) is 19.9. The lowest BCUT2D eigenvalue weighted by molar-refractivity contribution is -0.0226. The number of hydrogen-bond acceptors (Lipinski definition) is 3. The third kappa shape index (κ3) is 15.2. The van der Waals surface area contributed by atoms with Crippen molar-refractivity contribution < 1.29 is 15.3 Å². The van der Waals surface area contributed by atoms with E-state index >= 15 is 0 Å². The van der Waals surface area contributed by atoms with E-state index in [2.05, 4.69) is 96.2 Å². The van der Waals surface area contributed by atoms with Crippen molar-refractivity contribution in [3.8, 4) is 0 Å². The largest absolute Gasteiger partial charge is 0.392 e. The molecule has 0 spiro atoms. The fraction of sp³-hybridized carbons (Fsp3) is 0.400. The Morgan fingerprint density at radius 2 is 1.12 bits per heavy atom. The molecule has 234 valence electrons. The summed E-state index contributed by atoms with van der Waals surface area (Å²) in [7, 11) is 0. The van der Waals surface area contributed by atoms with Gasteiger partial charge in [-0.3, -0.25) is 0 Å². The molecule has 0 aromatic rings. The topological polar surface area (TPSA) is 60.7 Å². The third-order valence-corrected chi connectivity index (χ3v) is 7.54. The normalized spacial score (nSPS) is 21.3. The molecule has 1 aliphatic carbocycles. The minimum atomic E-state index is -1.15. The molecule has 3 nitrogen and oxygen atoms in total. The fourth-order valence-electron chi connectivity index (χ4n) is 4.38. The molecule has 0 bridgehead atoms. The average Bonchev–Trinajstić information content (AvgIpc) is 2.91. The average molecular weight is 585 g/mol. The Kier molecular flexibility index (Phi) is 16.2. The maximum absolute atomic E-state index is 10.4. The lowest BCUT2D eigenvalue weighted by Crippen LogP contribution is -2.34. The summed E-state index contributed by atoms with van der Waals surface area (Å²) in [6.07, 6.45) is 35.0. The summed E-state index contributed by atoms with van der Waals surface area (Å²) in [4.78, 5) is 0. The molecule has 1 aliphatic rings. The van der Waals surface area contributed by atoms with Crippen LogP contribution in [-0.2, 0) is 0 Å². The van der Waals surface area contributed by atoms with Crippen LogP contribution in [0.15, 0.2) is 142 Å². The summed E-state index contributed by atoms with van der Waals surface area (Å²) in [5.41, 5.74) is 6.86. The van der Waals surface area contributed by atoms with Crippen LogP contribution >= 0.6 is 0 Å². The molecular weight excluding hydrogens is 528 g/mol. The highest BCUT2D eigenvalue weighted by molar-refractivity contribution is 5.38. The van der Waals surface area contributed by atoms with Crippen LogP contribution in [0, 0.1) is 5.41 Å². The Bertz CT molecular complexity index is 1290. The standard InChI is InChI=1S/C40H56O3/c1-30(18-13-20-32(3)21-15-23-34(5)25-28-38(42)40(9,10)43)16-11-12-17-31(2)19-14-22-33(4)24-27-36-35(6)26-29-37(41)39(36,7)8/h11-25,27-28,37-38,41-43H,26,29H2,1-10H3/b12-11+,18-13+,19-14+,21-15+,27-24+,28-25+,30-16+,31-17+,32-20+,33-22+,34-23+/t37-,38-/m1/s1. The first-order chi connectivity index (χ1) is 20.0. The number of rotatable bonds is 13. The van der Waals surface area contributed by atoms with Crippen LogP contribution in [0.5, 0.6) is 0 Å². The van der Waals surface area contributed by atoms with Gasteiger partial charge in [-0.25, -0.2) is 0 Å². The predicted octanol–water partition coefficient (Wildman–Crippen LogP) is 9.68. The molecule has 3 heteroatoms. The van der Waals surface area contributed by atoms with Crippen LogP contribution in [0.4, 0.5) is 0 Å². The van der Waals surface area contributed by atoms with E-state index in [9.17, 15) is 15.3 Å². The van der Waals surface area contributed by atoms with Gasteiger partial charge >= 0.3 is 0 Å². The molecule has 3 N–H and O–H groups in total. The van der Waals surface area contributed by atoms with Crippen LogP contribution in [0.3, 0.4) is 0 Å². The van der Waals surface area contributed by atoms with Gasteiger partial charge in [-0.15, -0.1) is 0 Å². The van der Waals surface area contributed by atoms with E-state index in [-0.39, 0.29) is 11.5 Å². The molecule has 0 heterocycles. The monoisotopic (exact) mass is 584 g/mol. The minimum Gasteiger partial charge on any atom is -0.392 e. The van der Waals surface area contributed by atoms with Crippen molar-refractivity contribution in [2.75, 3.05) is 0 Å². The van der Waals surface area contributed by atoms with Crippen molar-refractivity contribution in [1.82, 2.24) is 0 Å². The highest BCUT2D eigenvalue weighted by Crippen LogP contribution is 2.41. The molecule has 1 rings (SSSR count). The van der Waals surface area contributed by atoms with Gasteiger partial charge in [0.05, 0.1) is 11.7 Å². The maximum Gasteiger partial charge on any atom is 0.101 e. The van der Waals surface area contributed by atoms with E-state index in [0.717, 1.165) is 29.6 Å². The van der Waals surface area contributed by atoms with Gasteiger partial charge in [-0.2, -0.15) is 0 Å². The predicted molar refractivity (Wildman–Crippen MR) is 188 cm³/mol. The molecule has 0 fully saturated rings. The van der Waals surface area contributed by atoms with E-state index in [4.69, 9.17) is 0 Å². The smallest absolute Gasteiger partial charge is 0.101 e. The Hall–Kier alpha value is -3.24. The molecule has 0 aromatic carbocycles. The fourth-order valence-corrected chi connectivity index (χ4v) is 4.38. The summed E-state index contributed by atoms with van der Waals surface area (Å²) in [6, 6.07) is 0. The molecule has 0 aromatic heterocycles. The molecule has 43 heavy (non-hydrogen) atoms. The number of hydrogen-bond donors (Lipinski definition) is 3. The second-order valence-electron chi connectivity index (χ2n) is 12.8. The quantitative estimate of drug-likeness (QED) is 0.189. The highest BCUT2D eigenvalue weighted by Gasteiger charge is 2.34. The minimum absolute atomic E-state index is 0.210. The number of aliphatic hydroxyl groups excluding tert-OH is 2. The Morgan fingerprint density at radius 1 is 0.721 bits per heavy atom. The zero-order chi connectivity index (χ0) is 32.6. The van der Waals surface area contributed by atoms with Crippen molar-refractivity contribution >= 4 is 0 Å². The van der Waals surface area contributed by atoms with E-state index < -0.39 is 11.7 Å². The summed E-state index contributed by atoms with van der Waals surface area (Å²) in [5.74, 6) is 0. The van der Waals surface area contributed by atoms with Crippen LogP contribution in [0.25, 0.3) is 0 Å². The SMILES string of the molecule is CC1=C(/C=C/C(C)=C/C=C/C(C)=C/C=C/C=C(C)/C=C/C=C(C)/C=C/C=C(C)/C=C/[C@@H](O)C(C)(C)O)C(C)(C)[C@H](O)CC1. The first-order valence-electron chi connectivity index (χ1n) is 15.3. The van der Waals surface area contributed by atoms with Crippen molar-refractivity contribution in [2.45, 2.75) is 99.9 Å². The van der Waals surface area contributed by atoms with Gasteiger partial charge < -0.3 is 15.3 Å². The first-order valence-corrected chi connectivity index (χ1v) is 15.3. The van der Waals surface area contributed by atoms with Gasteiger partial charge in [0.1, 0.15) is 6.10 Å². The molecule has 0 unspecified atom stereocenters. The van der Waals surface area contributed by atoms with Crippen molar-refractivity contribution in [3.05, 3.63) is 142 Å². The van der Waals surface area contributed by atoms with Crippen molar-refractivity contribution in [2.24, 2.45) is 5.41 Å². The second-order valence-corrected chi connectivity index (χ2v) is 12.8. The van der Waals surface area contributed by atoms with Gasteiger partial charge in [0.2, 0.25) is 0 Å². The molecule has 0 saturated heterocycles. The molecule has 0 radical (unpaired) electrons. The molecule has 0 aliphatic heterocycles. The molecule has 2 atom stereocenters. The highest BCUT2D eigenvalue weighted by atomic mass is 16.3. The molecular formula is C40H56O3. The van der Waals surface area contributed by atoms with Crippen LogP contribution in [-0.4, -0.2) is 33.1 Å². The van der Waals surface area contributed by atoms with Crippen LogP contribution in [0.2, 0.25) is 0 Å². The summed E-state index contributed by atoms with van der Waals surface area (Å²) < 4.78 is 0. The lowest BCUT2D eigenvalue weighted by atomic mass is 9.70. The summed E-state index contributed by atoms with van der Waals surface area (Å²) in [5, 5.41) is 30.1. The third-order valence-electron chi connectivity index (χ3n) is 7.54. The Labute approximate surface area is 262 Å². The van der Waals surface area contributed by atoms with Crippen LogP contribution < -0.4 is 0 Å². The van der Waals surface area contributed by atoms with E-state index in [1.165, 1.54) is 22.3 Å². The van der Waals surface area contributed by atoms with Gasteiger partial charge in [0, 0.05) is 5.41 Å². The van der Waals surface area contributed by atoms with E-state index in [1.807, 2.05) is 56.4 Å². The van der Waals surface area contributed by atoms with Gasteiger partial charge in [-0.1, -0.05) is 151 Å². The Balaban J connectivity index is 2.64. The van der Waals surface area contributed by atoms with Gasteiger partial charge in [0.25, 0.3) is 0 Å². The van der Waals surface area contributed by atoms with Crippen molar-refractivity contribution in [3.63, 3.8) is 0 Å². The zero-order valence-corrected chi connectivity index (χ0v) is 28.2. The maximum atomic E-state index is 10.4. The van der Waals surface area contributed by atoms with Crippen LogP contribution in [0.1, 0.15) is 82.1 Å². The molecule has 0 saturated carbocycles. The summed E-state index contributed by atoms with van der Waals surface area (Å²) >= 11 is 0. The number of allylic oxidation sites excluding steroid dienone is 22. The van der Waals surface area contributed by atoms with Gasteiger partial charge in [-0.05, 0) is 73.8 Å². The first kappa shape index (κ1) is 37.8. The van der Waals surface area contributed by atoms with Gasteiger partial charge in [0.15, 0.2) is 0 Å². The zero-order valence-electron chi connectivity index (χ0n) is 28.2. The number of aliphatic hydroxyl groups is 3. The second kappa shape index (κ2) is 18.4.